The number of nitrogens with one attached hydrogen (secondary N) is 1. The average Bonchev–Trinajstić information content (AvgIpc) is 3.05. The third-order valence-electron chi connectivity index (χ3n) is 3.51. The standard InChI is InChI=1S/C13H15N3O3S2/c1-15-6-2-3-11(15)13(17)14-21(18,19)16-7-4-12-10(9-16)5-8-20-12/h2-3,5-6,8H,4,7,9H2,1H3,(H,14,17). The van der Waals surface area contributed by atoms with E-state index in [0.29, 0.717) is 25.2 Å². The van der Waals surface area contributed by atoms with Crippen molar-refractivity contribution in [3.63, 3.8) is 0 Å². The van der Waals surface area contributed by atoms with Gasteiger partial charge >= 0.3 is 10.2 Å². The zero-order chi connectivity index (χ0) is 15.0. The topological polar surface area (TPSA) is 71.4 Å². The van der Waals surface area contributed by atoms with E-state index in [9.17, 15) is 13.2 Å². The number of aromatic nitrogens is 1. The van der Waals surface area contributed by atoms with E-state index in [2.05, 4.69) is 4.72 Å². The van der Waals surface area contributed by atoms with Gasteiger partial charge in [0.2, 0.25) is 0 Å². The number of carbonyl (C=O) groups excluding carboxylic acids is 1. The number of aryl methyl sites for hydroxylation is 1. The van der Waals surface area contributed by atoms with Crippen LogP contribution in [0.1, 0.15) is 20.9 Å². The highest BCUT2D eigenvalue weighted by Crippen LogP contribution is 2.25. The first-order chi connectivity index (χ1) is 9.97. The van der Waals surface area contributed by atoms with Gasteiger partial charge in [-0.1, -0.05) is 0 Å². The Kier molecular flexibility index (Phi) is 3.60. The third-order valence-corrected chi connectivity index (χ3v) is 5.97. The molecule has 0 saturated heterocycles. The highest BCUT2D eigenvalue weighted by Gasteiger charge is 2.29. The fraction of sp³-hybridized carbons (Fsp3) is 0.308. The fourth-order valence-electron chi connectivity index (χ4n) is 2.36. The maximum absolute atomic E-state index is 12.3. The Morgan fingerprint density at radius 1 is 1.38 bits per heavy atom. The van der Waals surface area contributed by atoms with E-state index in [0.717, 1.165) is 5.56 Å². The van der Waals surface area contributed by atoms with Gasteiger partial charge in [0.05, 0.1) is 0 Å². The van der Waals surface area contributed by atoms with Crippen molar-refractivity contribution in [1.29, 1.82) is 0 Å². The van der Waals surface area contributed by atoms with Crippen molar-refractivity contribution in [3.8, 4) is 0 Å². The molecule has 2 aromatic heterocycles. The van der Waals surface area contributed by atoms with Crippen molar-refractivity contribution < 1.29 is 13.2 Å². The summed E-state index contributed by atoms with van der Waals surface area (Å²) in [5, 5.41) is 1.96. The molecule has 3 heterocycles. The monoisotopic (exact) mass is 325 g/mol. The molecule has 3 rings (SSSR count). The second kappa shape index (κ2) is 5.28. The minimum absolute atomic E-state index is 0.312. The molecule has 1 aliphatic rings. The maximum atomic E-state index is 12.3. The molecule has 1 amide bonds. The summed E-state index contributed by atoms with van der Waals surface area (Å²) >= 11 is 1.64. The smallest absolute Gasteiger partial charge is 0.304 e. The van der Waals surface area contributed by atoms with Crippen molar-refractivity contribution in [2.45, 2.75) is 13.0 Å². The van der Waals surface area contributed by atoms with Crippen LogP contribution in [-0.2, 0) is 30.2 Å². The van der Waals surface area contributed by atoms with Crippen molar-refractivity contribution >= 4 is 27.5 Å². The van der Waals surface area contributed by atoms with E-state index in [1.54, 1.807) is 41.3 Å². The Morgan fingerprint density at radius 3 is 2.90 bits per heavy atom. The predicted octanol–water partition coefficient (Wildman–Crippen LogP) is 1.12. The molecule has 0 saturated carbocycles. The predicted molar refractivity (Wildman–Crippen MR) is 80.2 cm³/mol. The summed E-state index contributed by atoms with van der Waals surface area (Å²) in [4.78, 5) is 13.3. The molecule has 0 unspecified atom stereocenters. The number of thiophene rings is 1. The van der Waals surface area contributed by atoms with Crippen molar-refractivity contribution in [3.05, 3.63) is 45.9 Å². The van der Waals surface area contributed by atoms with Gasteiger partial charge in [0, 0.05) is 31.2 Å². The first-order valence-corrected chi connectivity index (χ1v) is 8.78. The van der Waals surface area contributed by atoms with Crippen molar-refractivity contribution in [2.24, 2.45) is 7.05 Å². The van der Waals surface area contributed by atoms with E-state index in [1.807, 2.05) is 11.4 Å². The molecule has 1 N–H and O–H groups in total. The number of nitrogens with zero attached hydrogens (tertiary/aromatic N) is 2. The molecule has 6 nitrogen and oxygen atoms in total. The summed E-state index contributed by atoms with van der Waals surface area (Å²) in [5.74, 6) is -0.612. The van der Waals surface area contributed by atoms with E-state index in [1.165, 1.54) is 9.18 Å². The van der Waals surface area contributed by atoms with Gasteiger partial charge in [0.15, 0.2) is 0 Å². The molecule has 0 bridgehead atoms. The van der Waals surface area contributed by atoms with Gasteiger partial charge < -0.3 is 4.57 Å². The minimum atomic E-state index is -3.82. The highest BCUT2D eigenvalue weighted by atomic mass is 32.2. The molecule has 21 heavy (non-hydrogen) atoms. The lowest BCUT2D eigenvalue weighted by Gasteiger charge is -2.26. The van der Waals surface area contributed by atoms with Crippen LogP contribution < -0.4 is 4.72 Å². The molecule has 2 aromatic rings. The van der Waals surface area contributed by atoms with E-state index >= 15 is 0 Å². The van der Waals surface area contributed by atoms with Crippen LogP contribution in [-0.4, -0.2) is 29.7 Å². The molecule has 1 aliphatic heterocycles. The molecular weight excluding hydrogens is 310 g/mol. The summed E-state index contributed by atoms with van der Waals surface area (Å²) in [6.45, 7) is 0.706. The number of hydrogen-bond acceptors (Lipinski definition) is 4. The molecule has 0 radical (unpaired) electrons. The van der Waals surface area contributed by atoms with Gasteiger partial charge in [0.1, 0.15) is 5.69 Å². The van der Waals surface area contributed by atoms with Crippen molar-refractivity contribution in [2.75, 3.05) is 6.54 Å². The lowest BCUT2D eigenvalue weighted by Crippen LogP contribution is -2.45. The number of amides is 1. The van der Waals surface area contributed by atoms with Crippen LogP contribution in [0.15, 0.2) is 29.8 Å². The highest BCUT2D eigenvalue weighted by molar-refractivity contribution is 7.87. The van der Waals surface area contributed by atoms with Crippen LogP contribution >= 0.6 is 11.3 Å². The van der Waals surface area contributed by atoms with Crippen LogP contribution in [0, 0.1) is 0 Å². The molecule has 0 atom stereocenters. The fourth-order valence-corrected chi connectivity index (χ4v) is 4.36. The van der Waals surface area contributed by atoms with E-state index < -0.39 is 16.1 Å². The Bertz CT molecular complexity index is 776. The second-order valence-electron chi connectivity index (χ2n) is 4.89. The van der Waals surface area contributed by atoms with Crippen molar-refractivity contribution in [1.82, 2.24) is 13.6 Å². The average molecular weight is 325 g/mol. The summed E-state index contributed by atoms with van der Waals surface area (Å²) in [5.41, 5.74) is 1.33. The van der Waals surface area contributed by atoms with Gasteiger partial charge in [0.25, 0.3) is 5.91 Å². The lowest BCUT2D eigenvalue weighted by molar-refractivity contribution is 0.0971. The van der Waals surface area contributed by atoms with Crippen LogP contribution in [0.5, 0.6) is 0 Å². The first-order valence-electron chi connectivity index (χ1n) is 6.46. The second-order valence-corrected chi connectivity index (χ2v) is 7.56. The maximum Gasteiger partial charge on any atom is 0.304 e. The van der Waals surface area contributed by atoms with Crippen LogP contribution in [0.3, 0.4) is 0 Å². The number of carbonyl (C=O) groups is 1. The first kappa shape index (κ1) is 14.3. The zero-order valence-corrected chi connectivity index (χ0v) is 13.1. The van der Waals surface area contributed by atoms with Crippen LogP contribution in [0.25, 0.3) is 0 Å². The lowest BCUT2D eigenvalue weighted by atomic mass is 10.1. The van der Waals surface area contributed by atoms with Gasteiger partial charge in [-0.25, -0.2) is 4.72 Å². The SMILES string of the molecule is Cn1cccc1C(=O)NS(=O)(=O)N1CCc2sccc2C1. The Hall–Kier alpha value is -1.64. The number of rotatable bonds is 3. The zero-order valence-electron chi connectivity index (χ0n) is 11.4. The van der Waals surface area contributed by atoms with E-state index in [4.69, 9.17) is 0 Å². The summed E-state index contributed by atoms with van der Waals surface area (Å²) in [7, 11) is -2.13. The largest absolute Gasteiger partial charge is 0.347 e. The van der Waals surface area contributed by atoms with Gasteiger partial charge in [-0.05, 0) is 35.6 Å². The van der Waals surface area contributed by atoms with Gasteiger partial charge in [-0.2, -0.15) is 12.7 Å². The molecule has 8 heteroatoms. The minimum Gasteiger partial charge on any atom is -0.347 e. The summed E-state index contributed by atoms with van der Waals surface area (Å²) in [6, 6.07) is 5.21. The molecule has 112 valence electrons. The number of hydrogen-bond donors (Lipinski definition) is 1. The molecule has 0 spiro atoms. The normalized spacial score (nSPS) is 15.7. The number of fused-ring (bicyclic) bond motifs is 1. The molecular formula is C13H15N3O3S2. The third kappa shape index (κ3) is 2.74. The summed E-state index contributed by atoms with van der Waals surface area (Å²) in [6.07, 6.45) is 2.38. The quantitative estimate of drug-likeness (QED) is 0.919. The van der Waals surface area contributed by atoms with E-state index in [-0.39, 0.29) is 0 Å². The van der Waals surface area contributed by atoms with Crippen LogP contribution in [0.4, 0.5) is 0 Å². The van der Waals surface area contributed by atoms with Crippen LogP contribution in [0.2, 0.25) is 0 Å². The van der Waals surface area contributed by atoms with Gasteiger partial charge in [-0.3, -0.25) is 4.79 Å². The Balaban J connectivity index is 1.76. The molecule has 0 aliphatic carbocycles. The van der Waals surface area contributed by atoms with Gasteiger partial charge in [-0.15, -0.1) is 11.3 Å². The molecule has 0 aromatic carbocycles. The Morgan fingerprint density at radius 2 is 2.19 bits per heavy atom. The Labute approximate surface area is 127 Å². The summed E-state index contributed by atoms with van der Waals surface area (Å²) < 4.78 is 29.7. The molecule has 0 fully saturated rings.